The molecule has 0 aromatic carbocycles. The molecule has 0 aliphatic heterocycles. The monoisotopic (exact) mass is 229 g/mol. The maximum atomic E-state index is 5.14. The summed E-state index contributed by atoms with van der Waals surface area (Å²) >= 11 is 1.40. The molecule has 4 nitrogen and oxygen atoms in total. The van der Waals surface area contributed by atoms with Crippen molar-refractivity contribution in [3.63, 3.8) is 0 Å². The van der Waals surface area contributed by atoms with Crippen LogP contribution in [0.1, 0.15) is 33.5 Å². The maximum absolute atomic E-state index is 5.14. The van der Waals surface area contributed by atoms with Gasteiger partial charge in [0, 0.05) is 30.6 Å². The summed E-state index contributed by atoms with van der Waals surface area (Å²) in [5.74, 6) is 0.889. The lowest BCUT2D eigenvalue weighted by atomic mass is 9.96. The zero-order chi connectivity index (χ0) is 11.5. The van der Waals surface area contributed by atoms with Gasteiger partial charge in [-0.15, -0.1) is 0 Å². The highest BCUT2D eigenvalue weighted by Gasteiger charge is 2.19. The second-order valence-electron chi connectivity index (χ2n) is 4.60. The first-order chi connectivity index (χ1) is 6.93. The van der Waals surface area contributed by atoms with E-state index < -0.39 is 0 Å². The third-order valence-electron chi connectivity index (χ3n) is 2.04. The molecule has 0 radical (unpaired) electrons. The van der Waals surface area contributed by atoms with Crippen molar-refractivity contribution in [1.82, 2.24) is 9.36 Å². The van der Waals surface area contributed by atoms with Crippen LogP contribution < -0.4 is 5.32 Å². The van der Waals surface area contributed by atoms with E-state index in [2.05, 4.69) is 35.4 Å². The van der Waals surface area contributed by atoms with Crippen LogP contribution >= 0.6 is 11.5 Å². The van der Waals surface area contributed by atoms with E-state index in [-0.39, 0.29) is 11.5 Å². The normalized spacial score (nSPS) is 13.9. The molecule has 1 unspecified atom stereocenters. The molecule has 86 valence electrons. The van der Waals surface area contributed by atoms with Crippen molar-refractivity contribution in [2.75, 3.05) is 19.0 Å². The SMILES string of the molecule is COC(C)CNc1nc(C(C)(C)C)ns1. The van der Waals surface area contributed by atoms with Gasteiger partial charge in [0.05, 0.1) is 6.10 Å². The van der Waals surface area contributed by atoms with Crippen LogP contribution in [0.5, 0.6) is 0 Å². The van der Waals surface area contributed by atoms with Crippen LogP contribution in [0.2, 0.25) is 0 Å². The van der Waals surface area contributed by atoms with Crippen molar-refractivity contribution in [2.24, 2.45) is 0 Å². The second kappa shape index (κ2) is 4.90. The zero-order valence-corrected chi connectivity index (χ0v) is 10.8. The molecular weight excluding hydrogens is 210 g/mol. The van der Waals surface area contributed by atoms with Crippen molar-refractivity contribution in [1.29, 1.82) is 0 Å². The van der Waals surface area contributed by atoms with Crippen molar-refractivity contribution < 1.29 is 4.74 Å². The minimum Gasteiger partial charge on any atom is -0.380 e. The summed E-state index contributed by atoms with van der Waals surface area (Å²) < 4.78 is 9.46. The molecule has 1 N–H and O–H groups in total. The molecule has 1 aromatic heterocycles. The van der Waals surface area contributed by atoms with E-state index in [1.807, 2.05) is 6.92 Å². The summed E-state index contributed by atoms with van der Waals surface area (Å²) in [5, 5.41) is 4.07. The van der Waals surface area contributed by atoms with Crippen molar-refractivity contribution in [2.45, 2.75) is 39.2 Å². The molecule has 1 rings (SSSR count). The first-order valence-electron chi connectivity index (χ1n) is 5.04. The average Bonchev–Trinajstić information content (AvgIpc) is 2.61. The van der Waals surface area contributed by atoms with E-state index in [9.17, 15) is 0 Å². The van der Waals surface area contributed by atoms with Gasteiger partial charge in [-0.25, -0.2) is 4.98 Å². The molecule has 0 amide bonds. The molecule has 1 heterocycles. The minimum absolute atomic E-state index is 0.0172. The van der Waals surface area contributed by atoms with Crippen LogP contribution in [0.15, 0.2) is 0 Å². The molecular formula is C10H19N3OS. The standard InChI is InChI=1S/C10H19N3OS/c1-7(14-5)6-11-9-12-8(13-15-9)10(2,3)4/h7H,6H2,1-5H3,(H,11,12,13). The molecule has 1 atom stereocenters. The van der Waals surface area contributed by atoms with Gasteiger partial charge in [-0.05, 0) is 6.92 Å². The van der Waals surface area contributed by atoms with Crippen LogP contribution in [-0.2, 0) is 10.2 Å². The molecule has 0 aliphatic rings. The zero-order valence-electron chi connectivity index (χ0n) is 10.00. The van der Waals surface area contributed by atoms with Crippen LogP contribution in [0.4, 0.5) is 5.13 Å². The Kier molecular flexibility index (Phi) is 4.04. The number of nitrogens with zero attached hydrogens (tertiary/aromatic N) is 2. The Morgan fingerprint density at radius 1 is 1.47 bits per heavy atom. The molecule has 5 heteroatoms. The Labute approximate surface area is 95.2 Å². The molecule has 0 bridgehead atoms. The van der Waals surface area contributed by atoms with Crippen molar-refractivity contribution in [3.05, 3.63) is 5.82 Å². The smallest absolute Gasteiger partial charge is 0.202 e. The molecule has 0 fully saturated rings. The number of rotatable bonds is 4. The number of methoxy groups -OCH3 is 1. The van der Waals surface area contributed by atoms with E-state index >= 15 is 0 Å². The first kappa shape index (κ1) is 12.4. The molecule has 0 spiro atoms. The van der Waals surface area contributed by atoms with Gasteiger partial charge in [-0.3, -0.25) is 0 Å². The van der Waals surface area contributed by atoms with Gasteiger partial charge in [-0.1, -0.05) is 20.8 Å². The summed E-state index contributed by atoms with van der Waals surface area (Å²) in [6, 6.07) is 0. The second-order valence-corrected chi connectivity index (χ2v) is 5.35. The fourth-order valence-electron chi connectivity index (χ4n) is 0.914. The highest BCUT2D eigenvalue weighted by atomic mass is 32.1. The number of hydrogen-bond acceptors (Lipinski definition) is 5. The predicted molar refractivity (Wildman–Crippen MR) is 63.6 cm³/mol. The van der Waals surface area contributed by atoms with Gasteiger partial charge in [0.25, 0.3) is 0 Å². The highest BCUT2D eigenvalue weighted by Crippen LogP contribution is 2.22. The van der Waals surface area contributed by atoms with Crippen molar-refractivity contribution in [3.8, 4) is 0 Å². The van der Waals surface area contributed by atoms with Gasteiger partial charge < -0.3 is 10.1 Å². The predicted octanol–water partition coefficient (Wildman–Crippen LogP) is 2.28. The summed E-state index contributed by atoms with van der Waals surface area (Å²) in [5.41, 5.74) is 0.0172. The van der Waals surface area contributed by atoms with Crippen LogP contribution in [0.25, 0.3) is 0 Å². The molecule has 0 saturated heterocycles. The van der Waals surface area contributed by atoms with Gasteiger partial charge >= 0.3 is 0 Å². The Morgan fingerprint density at radius 2 is 2.13 bits per heavy atom. The average molecular weight is 229 g/mol. The summed E-state index contributed by atoms with van der Waals surface area (Å²) in [6.45, 7) is 9.10. The fourth-order valence-corrected chi connectivity index (χ4v) is 1.68. The Morgan fingerprint density at radius 3 is 2.60 bits per heavy atom. The summed E-state index contributed by atoms with van der Waals surface area (Å²) in [6.07, 6.45) is 0.187. The van der Waals surface area contributed by atoms with E-state index in [0.717, 1.165) is 17.5 Å². The number of ether oxygens (including phenoxy) is 1. The fraction of sp³-hybridized carbons (Fsp3) is 0.800. The van der Waals surface area contributed by atoms with E-state index in [4.69, 9.17) is 4.74 Å². The van der Waals surface area contributed by atoms with Gasteiger partial charge in [-0.2, -0.15) is 4.37 Å². The number of aromatic nitrogens is 2. The molecule has 0 saturated carbocycles. The first-order valence-corrected chi connectivity index (χ1v) is 5.81. The maximum Gasteiger partial charge on any atom is 0.202 e. The lowest BCUT2D eigenvalue weighted by molar-refractivity contribution is 0.129. The third-order valence-corrected chi connectivity index (χ3v) is 2.71. The van der Waals surface area contributed by atoms with Crippen LogP contribution in [0, 0.1) is 0 Å². The third kappa shape index (κ3) is 3.76. The van der Waals surface area contributed by atoms with E-state index in [1.165, 1.54) is 11.5 Å². The topological polar surface area (TPSA) is 47.0 Å². The largest absolute Gasteiger partial charge is 0.380 e. The van der Waals surface area contributed by atoms with E-state index in [1.54, 1.807) is 7.11 Å². The number of anilines is 1. The van der Waals surface area contributed by atoms with Gasteiger partial charge in [0.2, 0.25) is 5.13 Å². The Balaban J connectivity index is 2.54. The van der Waals surface area contributed by atoms with Crippen molar-refractivity contribution >= 4 is 16.7 Å². The quantitative estimate of drug-likeness (QED) is 0.860. The number of hydrogen-bond donors (Lipinski definition) is 1. The highest BCUT2D eigenvalue weighted by molar-refractivity contribution is 7.09. The summed E-state index contributed by atoms with van der Waals surface area (Å²) in [4.78, 5) is 4.43. The Bertz CT molecular complexity index is 306. The van der Waals surface area contributed by atoms with Gasteiger partial charge in [0.1, 0.15) is 5.82 Å². The molecule has 1 aromatic rings. The summed E-state index contributed by atoms with van der Waals surface area (Å²) in [7, 11) is 1.70. The minimum atomic E-state index is 0.0172. The lowest BCUT2D eigenvalue weighted by Crippen LogP contribution is -2.18. The number of nitrogens with one attached hydrogen (secondary N) is 1. The van der Waals surface area contributed by atoms with Crippen LogP contribution in [-0.4, -0.2) is 29.1 Å². The van der Waals surface area contributed by atoms with Crippen LogP contribution in [0.3, 0.4) is 0 Å². The lowest BCUT2D eigenvalue weighted by Gasteiger charge is -2.12. The molecule has 15 heavy (non-hydrogen) atoms. The van der Waals surface area contributed by atoms with Gasteiger partial charge in [0.15, 0.2) is 0 Å². The molecule has 0 aliphatic carbocycles. The Hall–Kier alpha value is -0.680. The van der Waals surface area contributed by atoms with E-state index in [0.29, 0.717) is 0 Å².